The topological polar surface area (TPSA) is 105 Å². The number of carbonyl (C=O) groups excluding carboxylic acids is 1. The molecule has 34 heavy (non-hydrogen) atoms. The van der Waals surface area contributed by atoms with E-state index in [1.807, 2.05) is 56.3 Å². The molecule has 2 atom stereocenters. The molecule has 0 aliphatic carbocycles. The number of carbonyl (C=O) groups is 1. The number of nitrogens with zero attached hydrogens (tertiary/aromatic N) is 3. The summed E-state index contributed by atoms with van der Waals surface area (Å²) >= 11 is 0. The maximum Gasteiger partial charge on any atom is 0.241 e. The van der Waals surface area contributed by atoms with E-state index in [9.17, 15) is 4.79 Å². The zero-order chi connectivity index (χ0) is 23.9. The molecule has 8 nitrogen and oxygen atoms in total. The lowest BCUT2D eigenvalue weighted by atomic mass is 9.99. The summed E-state index contributed by atoms with van der Waals surface area (Å²) in [6.45, 7) is 7.35. The summed E-state index contributed by atoms with van der Waals surface area (Å²) in [6.07, 6.45) is 2.59. The summed E-state index contributed by atoms with van der Waals surface area (Å²) in [5.41, 5.74) is 10.6. The minimum Gasteiger partial charge on any atom is -0.378 e. The Labute approximate surface area is 200 Å². The van der Waals surface area contributed by atoms with E-state index in [0.717, 1.165) is 49.7 Å². The van der Waals surface area contributed by atoms with Gasteiger partial charge in [0.15, 0.2) is 0 Å². The first-order chi connectivity index (χ1) is 16.5. The van der Waals surface area contributed by atoms with Crippen LogP contribution in [0.15, 0.2) is 60.8 Å². The maximum absolute atomic E-state index is 12.3. The van der Waals surface area contributed by atoms with E-state index in [0.29, 0.717) is 11.6 Å². The van der Waals surface area contributed by atoms with Crippen LogP contribution in [0.1, 0.15) is 20.3 Å². The number of rotatable bonds is 8. The first-order valence-electron chi connectivity index (χ1n) is 11.7. The van der Waals surface area contributed by atoms with Crippen LogP contribution in [0, 0.1) is 5.92 Å². The number of ether oxygens (including phenoxy) is 1. The molecule has 1 aliphatic rings. The average molecular weight is 461 g/mol. The molecule has 3 aromatic rings. The third kappa shape index (κ3) is 5.89. The standard InChI is InChI=1S/C26H32N6O2/c1-3-18(2)24(27)25(33)29-20-6-4-19(5-7-20)23-12-13-28-26(31-23)30-21-8-10-22(11-9-21)32-14-16-34-17-15-32/h4-13,18,24H,3,14-17,27H2,1-2H3,(H,29,33)(H,28,30,31)/t18-,24-/m1/s1. The lowest BCUT2D eigenvalue weighted by molar-refractivity contribution is -0.118. The Bertz CT molecular complexity index is 1080. The zero-order valence-corrected chi connectivity index (χ0v) is 19.7. The number of aromatic nitrogens is 2. The number of nitrogens with one attached hydrogen (secondary N) is 2. The molecular weight excluding hydrogens is 428 g/mol. The average Bonchev–Trinajstić information content (AvgIpc) is 2.89. The molecule has 4 rings (SSSR count). The Balaban J connectivity index is 1.39. The van der Waals surface area contributed by atoms with Gasteiger partial charge >= 0.3 is 0 Å². The van der Waals surface area contributed by atoms with E-state index in [4.69, 9.17) is 10.5 Å². The quantitative estimate of drug-likeness (QED) is 0.466. The summed E-state index contributed by atoms with van der Waals surface area (Å²) < 4.78 is 5.42. The molecule has 1 amide bonds. The van der Waals surface area contributed by atoms with Crippen molar-refractivity contribution in [3.8, 4) is 11.3 Å². The summed E-state index contributed by atoms with van der Waals surface area (Å²) in [7, 11) is 0. The Morgan fingerprint density at radius 3 is 2.41 bits per heavy atom. The first-order valence-corrected chi connectivity index (χ1v) is 11.7. The van der Waals surface area contributed by atoms with Gasteiger partial charge in [0.25, 0.3) is 0 Å². The van der Waals surface area contributed by atoms with E-state index in [1.54, 1.807) is 6.20 Å². The number of benzene rings is 2. The van der Waals surface area contributed by atoms with Crippen molar-refractivity contribution in [2.75, 3.05) is 41.8 Å². The van der Waals surface area contributed by atoms with Crippen LogP contribution in [-0.4, -0.2) is 48.2 Å². The molecule has 0 spiro atoms. The van der Waals surface area contributed by atoms with Crippen molar-refractivity contribution in [1.29, 1.82) is 0 Å². The summed E-state index contributed by atoms with van der Waals surface area (Å²) in [5.74, 6) is 0.477. The smallest absolute Gasteiger partial charge is 0.241 e. The monoisotopic (exact) mass is 460 g/mol. The van der Waals surface area contributed by atoms with Gasteiger partial charge in [0, 0.05) is 41.9 Å². The highest BCUT2D eigenvalue weighted by atomic mass is 16.5. The zero-order valence-electron chi connectivity index (χ0n) is 19.7. The van der Waals surface area contributed by atoms with Crippen molar-refractivity contribution in [1.82, 2.24) is 9.97 Å². The maximum atomic E-state index is 12.3. The van der Waals surface area contributed by atoms with Crippen molar-refractivity contribution >= 4 is 28.9 Å². The largest absolute Gasteiger partial charge is 0.378 e. The van der Waals surface area contributed by atoms with Crippen LogP contribution in [0.25, 0.3) is 11.3 Å². The second kappa shape index (κ2) is 11.1. The van der Waals surface area contributed by atoms with Gasteiger partial charge < -0.3 is 26.0 Å². The molecule has 1 aromatic heterocycles. The molecule has 0 saturated carbocycles. The van der Waals surface area contributed by atoms with Crippen molar-refractivity contribution in [2.45, 2.75) is 26.3 Å². The van der Waals surface area contributed by atoms with Gasteiger partial charge in [-0.25, -0.2) is 9.97 Å². The fraction of sp³-hybridized carbons (Fsp3) is 0.346. The second-order valence-electron chi connectivity index (χ2n) is 8.51. The van der Waals surface area contributed by atoms with E-state index < -0.39 is 6.04 Å². The van der Waals surface area contributed by atoms with Crippen LogP contribution in [0.4, 0.5) is 23.0 Å². The molecular formula is C26H32N6O2. The first kappa shape index (κ1) is 23.7. The molecule has 1 saturated heterocycles. The van der Waals surface area contributed by atoms with E-state index in [-0.39, 0.29) is 11.8 Å². The van der Waals surface area contributed by atoms with Crippen LogP contribution in [-0.2, 0) is 9.53 Å². The predicted molar refractivity (Wildman–Crippen MR) is 136 cm³/mol. The lowest BCUT2D eigenvalue weighted by Gasteiger charge is -2.28. The van der Waals surface area contributed by atoms with Crippen molar-refractivity contribution in [2.24, 2.45) is 11.7 Å². The molecule has 2 heterocycles. The fourth-order valence-corrected chi connectivity index (χ4v) is 3.75. The number of hydrogen-bond donors (Lipinski definition) is 3. The highest BCUT2D eigenvalue weighted by molar-refractivity contribution is 5.95. The predicted octanol–water partition coefficient (Wildman–Crippen LogP) is 4.04. The van der Waals surface area contributed by atoms with Crippen LogP contribution >= 0.6 is 0 Å². The third-order valence-corrected chi connectivity index (χ3v) is 6.16. The molecule has 8 heteroatoms. The summed E-state index contributed by atoms with van der Waals surface area (Å²) in [4.78, 5) is 23.6. The van der Waals surface area contributed by atoms with E-state index >= 15 is 0 Å². The summed E-state index contributed by atoms with van der Waals surface area (Å²) in [5, 5.41) is 6.16. The van der Waals surface area contributed by atoms with Gasteiger partial charge in [0.1, 0.15) is 0 Å². The van der Waals surface area contributed by atoms with Crippen molar-refractivity contribution < 1.29 is 9.53 Å². The van der Waals surface area contributed by atoms with Gasteiger partial charge in [-0.1, -0.05) is 32.4 Å². The SMILES string of the molecule is CC[C@@H](C)[C@@H](N)C(=O)Nc1ccc(-c2ccnc(Nc3ccc(N4CCOCC4)cc3)n2)cc1. The van der Waals surface area contributed by atoms with Gasteiger partial charge in [0.05, 0.1) is 24.9 Å². The van der Waals surface area contributed by atoms with E-state index in [1.165, 1.54) is 5.69 Å². The van der Waals surface area contributed by atoms with Crippen LogP contribution < -0.4 is 21.3 Å². The van der Waals surface area contributed by atoms with Crippen LogP contribution in [0.2, 0.25) is 0 Å². The normalized spacial score (nSPS) is 15.4. The number of morpholine rings is 1. The molecule has 178 valence electrons. The van der Waals surface area contributed by atoms with Crippen LogP contribution in [0.3, 0.4) is 0 Å². The molecule has 4 N–H and O–H groups in total. The van der Waals surface area contributed by atoms with Gasteiger partial charge in [-0.2, -0.15) is 0 Å². The van der Waals surface area contributed by atoms with Gasteiger partial charge in [0.2, 0.25) is 11.9 Å². The second-order valence-corrected chi connectivity index (χ2v) is 8.51. The molecule has 1 fully saturated rings. The van der Waals surface area contributed by atoms with Gasteiger partial charge in [-0.15, -0.1) is 0 Å². The molecule has 1 aliphatic heterocycles. The Morgan fingerprint density at radius 2 is 1.74 bits per heavy atom. The van der Waals surface area contributed by atoms with Crippen molar-refractivity contribution in [3.05, 3.63) is 60.8 Å². The van der Waals surface area contributed by atoms with Crippen molar-refractivity contribution in [3.63, 3.8) is 0 Å². The van der Waals surface area contributed by atoms with Gasteiger partial charge in [-0.05, 0) is 48.4 Å². The Kier molecular flexibility index (Phi) is 7.72. The fourth-order valence-electron chi connectivity index (χ4n) is 3.75. The molecule has 2 aromatic carbocycles. The third-order valence-electron chi connectivity index (χ3n) is 6.16. The number of anilines is 4. The van der Waals surface area contributed by atoms with Crippen LogP contribution in [0.5, 0.6) is 0 Å². The minimum absolute atomic E-state index is 0.127. The Hall–Kier alpha value is -3.49. The molecule has 0 radical (unpaired) electrons. The summed E-state index contributed by atoms with van der Waals surface area (Å²) in [6, 6.07) is 17.1. The lowest BCUT2D eigenvalue weighted by Crippen LogP contribution is -2.40. The number of nitrogens with two attached hydrogens (primary N) is 1. The van der Waals surface area contributed by atoms with E-state index in [2.05, 4.69) is 37.6 Å². The molecule has 0 unspecified atom stereocenters. The number of amides is 1. The van der Waals surface area contributed by atoms with Gasteiger partial charge in [-0.3, -0.25) is 4.79 Å². The minimum atomic E-state index is -0.525. The number of hydrogen-bond acceptors (Lipinski definition) is 7. The Morgan fingerprint density at radius 1 is 1.06 bits per heavy atom. The highest BCUT2D eigenvalue weighted by Crippen LogP contribution is 2.23. The molecule has 0 bridgehead atoms. The highest BCUT2D eigenvalue weighted by Gasteiger charge is 2.19.